The molecule has 0 aliphatic rings. The Morgan fingerprint density at radius 2 is 1.89 bits per heavy atom. The molecule has 28 heavy (non-hydrogen) atoms. The molecule has 0 atom stereocenters. The fraction of sp³-hybridized carbons (Fsp3) is 0.0500. The van der Waals surface area contributed by atoms with Gasteiger partial charge in [-0.1, -0.05) is 48.5 Å². The highest BCUT2D eigenvalue weighted by Crippen LogP contribution is 2.19. The normalized spacial score (nSPS) is 10.4. The first kappa shape index (κ1) is 18.5. The smallest absolute Gasteiger partial charge is 0.270 e. The van der Waals surface area contributed by atoms with Gasteiger partial charge >= 0.3 is 0 Å². The fourth-order valence-electron chi connectivity index (χ4n) is 2.51. The summed E-state index contributed by atoms with van der Waals surface area (Å²) in [5.41, 5.74) is 4.21. The summed E-state index contributed by atoms with van der Waals surface area (Å²) >= 11 is 0. The van der Waals surface area contributed by atoms with Gasteiger partial charge in [-0.05, 0) is 6.07 Å². The molecule has 0 unspecified atom stereocenters. The van der Waals surface area contributed by atoms with E-state index in [1.165, 1.54) is 13.1 Å². The van der Waals surface area contributed by atoms with E-state index in [9.17, 15) is 14.9 Å². The average Bonchev–Trinajstić information content (AvgIpc) is 2.69. The Hall–Kier alpha value is -4.25. The second-order valence-electron chi connectivity index (χ2n) is 5.75. The van der Waals surface area contributed by atoms with Crippen LogP contribution in [0.3, 0.4) is 0 Å². The number of aromatic nitrogens is 2. The maximum atomic E-state index is 12.2. The van der Waals surface area contributed by atoms with Gasteiger partial charge in [0, 0.05) is 23.7 Å². The minimum absolute atomic E-state index is 0.0725. The monoisotopic (exact) mass is 372 g/mol. The molecule has 3 aromatic rings. The van der Waals surface area contributed by atoms with Gasteiger partial charge in [0.05, 0.1) is 11.9 Å². The van der Waals surface area contributed by atoms with Crippen molar-refractivity contribution in [2.24, 2.45) is 5.10 Å². The first-order valence-electron chi connectivity index (χ1n) is 8.34. The van der Waals surface area contributed by atoms with Crippen LogP contribution in [0.1, 0.15) is 18.1 Å². The van der Waals surface area contributed by atoms with Crippen molar-refractivity contribution in [3.05, 3.63) is 76.1 Å². The predicted octanol–water partition coefficient (Wildman–Crippen LogP) is 2.71. The van der Waals surface area contributed by atoms with Crippen LogP contribution in [0.15, 0.2) is 64.5 Å². The summed E-state index contributed by atoms with van der Waals surface area (Å²) in [4.78, 5) is 30.3. The molecule has 0 fully saturated rings. The summed E-state index contributed by atoms with van der Waals surface area (Å²) in [6.45, 7) is 1.42. The molecule has 0 aliphatic heterocycles. The largest absolute Gasteiger partial charge is 0.326 e. The van der Waals surface area contributed by atoms with Crippen molar-refractivity contribution < 1.29 is 4.79 Å². The molecule has 1 heterocycles. The van der Waals surface area contributed by atoms with E-state index in [0.29, 0.717) is 16.8 Å². The van der Waals surface area contributed by atoms with Crippen LogP contribution in [0.25, 0.3) is 11.3 Å². The van der Waals surface area contributed by atoms with Gasteiger partial charge in [-0.25, -0.2) is 10.4 Å². The van der Waals surface area contributed by atoms with Crippen molar-refractivity contribution in [2.45, 2.75) is 6.92 Å². The molecule has 0 radical (unpaired) electrons. The third kappa shape index (κ3) is 4.28. The second-order valence-corrected chi connectivity index (χ2v) is 5.75. The van der Waals surface area contributed by atoms with E-state index in [-0.39, 0.29) is 23.1 Å². The number of para-hydroxylation sites is 1. The Morgan fingerprint density at radius 1 is 1.18 bits per heavy atom. The number of carbonyl (C=O) groups is 1. The third-order valence-electron chi connectivity index (χ3n) is 3.72. The molecule has 3 N–H and O–H groups in total. The average molecular weight is 372 g/mol. The van der Waals surface area contributed by atoms with Crippen LogP contribution in [-0.4, -0.2) is 22.1 Å². The number of rotatable bonds is 5. The molecule has 8 heteroatoms. The molecule has 0 saturated carbocycles. The summed E-state index contributed by atoms with van der Waals surface area (Å²) in [6, 6.07) is 18.0. The number of benzene rings is 2. The van der Waals surface area contributed by atoms with Crippen LogP contribution in [0.4, 0.5) is 11.6 Å². The van der Waals surface area contributed by atoms with Gasteiger partial charge in [-0.3, -0.25) is 14.6 Å². The number of nitrogens with one attached hydrogen (secondary N) is 3. The van der Waals surface area contributed by atoms with E-state index < -0.39 is 5.56 Å². The first-order chi connectivity index (χ1) is 13.6. The zero-order valence-corrected chi connectivity index (χ0v) is 14.9. The number of amides is 1. The molecule has 2 aromatic carbocycles. The van der Waals surface area contributed by atoms with Gasteiger partial charge in [-0.15, -0.1) is 0 Å². The Labute approximate surface area is 160 Å². The maximum absolute atomic E-state index is 12.2. The topological polar surface area (TPSA) is 123 Å². The number of anilines is 2. The number of nitrogens with zero attached hydrogens (tertiary/aromatic N) is 3. The quantitative estimate of drug-likeness (QED) is 0.469. The summed E-state index contributed by atoms with van der Waals surface area (Å²) in [7, 11) is 0. The highest BCUT2D eigenvalue weighted by Gasteiger charge is 2.12. The van der Waals surface area contributed by atoms with Gasteiger partial charge in [0.2, 0.25) is 11.9 Å². The van der Waals surface area contributed by atoms with Crippen molar-refractivity contribution in [1.29, 1.82) is 5.26 Å². The van der Waals surface area contributed by atoms with Crippen molar-refractivity contribution >= 4 is 23.8 Å². The van der Waals surface area contributed by atoms with Crippen LogP contribution >= 0.6 is 0 Å². The van der Waals surface area contributed by atoms with Gasteiger partial charge < -0.3 is 5.32 Å². The van der Waals surface area contributed by atoms with Crippen molar-refractivity contribution in [1.82, 2.24) is 9.97 Å². The lowest BCUT2D eigenvalue weighted by Crippen LogP contribution is -2.16. The van der Waals surface area contributed by atoms with Crippen molar-refractivity contribution in [3.8, 4) is 17.3 Å². The summed E-state index contributed by atoms with van der Waals surface area (Å²) < 4.78 is 0. The standard InChI is InChI=1S/C20H16N6O2/c1-13(27)23-17-10-6-5-9-15(17)12-22-26-20-24-18(14-7-3-2-4-8-14)16(11-21)19(28)25-20/h2-10,12H,1H3,(H,23,27)(H2,24,25,26,28). The maximum Gasteiger partial charge on any atom is 0.270 e. The van der Waals surface area contributed by atoms with Gasteiger partial charge in [0.25, 0.3) is 5.56 Å². The molecule has 8 nitrogen and oxygen atoms in total. The van der Waals surface area contributed by atoms with E-state index in [1.807, 2.05) is 18.2 Å². The number of hydrogen-bond acceptors (Lipinski definition) is 6. The van der Waals surface area contributed by atoms with Gasteiger partial charge in [-0.2, -0.15) is 10.4 Å². The van der Waals surface area contributed by atoms with Crippen molar-refractivity contribution in [3.63, 3.8) is 0 Å². The molecule has 0 spiro atoms. The fourth-order valence-corrected chi connectivity index (χ4v) is 2.51. The zero-order valence-electron chi connectivity index (χ0n) is 14.9. The Kier molecular flexibility index (Phi) is 5.58. The third-order valence-corrected chi connectivity index (χ3v) is 3.72. The zero-order chi connectivity index (χ0) is 19.9. The molecular formula is C20H16N6O2. The lowest BCUT2D eigenvalue weighted by Gasteiger charge is -2.07. The van der Waals surface area contributed by atoms with E-state index in [2.05, 4.69) is 25.8 Å². The first-order valence-corrected chi connectivity index (χ1v) is 8.34. The minimum Gasteiger partial charge on any atom is -0.326 e. The van der Waals surface area contributed by atoms with E-state index in [4.69, 9.17) is 0 Å². The lowest BCUT2D eigenvalue weighted by atomic mass is 10.1. The number of hydrazone groups is 1. The predicted molar refractivity (Wildman–Crippen MR) is 107 cm³/mol. The van der Waals surface area contributed by atoms with Gasteiger partial charge in [0.1, 0.15) is 11.6 Å². The Morgan fingerprint density at radius 3 is 2.61 bits per heavy atom. The highest BCUT2D eigenvalue weighted by atomic mass is 16.1. The van der Waals surface area contributed by atoms with Crippen LogP contribution in [0.5, 0.6) is 0 Å². The lowest BCUT2D eigenvalue weighted by molar-refractivity contribution is -0.114. The number of H-pyrrole nitrogens is 1. The number of aromatic amines is 1. The van der Waals surface area contributed by atoms with Crippen LogP contribution in [-0.2, 0) is 4.79 Å². The van der Waals surface area contributed by atoms with E-state index >= 15 is 0 Å². The Balaban J connectivity index is 1.89. The minimum atomic E-state index is -0.562. The van der Waals surface area contributed by atoms with Crippen LogP contribution in [0, 0.1) is 11.3 Å². The number of hydrogen-bond donors (Lipinski definition) is 3. The number of nitriles is 1. The summed E-state index contributed by atoms with van der Waals surface area (Å²) in [5.74, 6) is -0.101. The molecule has 0 bridgehead atoms. The van der Waals surface area contributed by atoms with Gasteiger partial charge in [0.15, 0.2) is 0 Å². The van der Waals surface area contributed by atoms with E-state index in [0.717, 1.165) is 0 Å². The SMILES string of the molecule is CC(=O)Nc1ccccc1C=NNc1nc(-c2ccccc2)c(C#N)c(=O)[nH]1. The molecule has 0 aliphatic carbocycles. The molecule has 138 valence electrons. The molecule has 1 amide bonds. The molecule has 1 aromatic heterocycles. The molecule has 0 saturated heterocycles. The Bertz CT molecular complexity index is 1130. The molecular weight excluding hydrogens is 356 g/mol. The summed E-state index contributed by atoms with van der Waals surface area (Å²) in [6.07, 6.45) is 1.49. The second kappa shape index (κ2) is 8.42. The van der Waals surface area contributed by atoms with Crippen molar-refractivity contribution in [2.75, 3.05) is 10.7 Å². The van der Waals surface area contributed by atoms with Crippen LogP contribution < -0.4 is 16.3 Å². The highest BCUT2D eigenvalue weighted by molar-refractivity contribution is 5.96. The van der Waals surface area contributed by atoms with Crippen LogP contribution in [0.2, 0.25) is 0 Å². The number of carbonyl (C=O) groups excluding carboxylic acids is 1. The molecule has 3 rings (SSSR count). The van der Waals surface area contributed by atoms with E-state index in [1.54, 1.807) is 42.5 Å². The summed E-state index contributed by atoms with van der Waals surface area (Å²) in [5, 5.41) is 16.1.